The summed E-state index contributed by atoms with van der Waals surface area (Å²) in [5.74, 6) is 0.855. The third-order valence-corrected chi connectivity index (χ3v) is 5.20. The minimum absolute atomic E-state index is 0.135. The molecular weight excluding hydrogens is 340 g/mol. The predicted molar refractivity (Wildman–Crippen MR) is 106 cm³/mol. The lowest BCUT2D eigenvalue weighted by Gasteiger charge is -2.17. The zero-order valence-corrected chi connectivity index (χ0v) is 15.7. The summed E-state index contributed by atoms with van der Waals surface area (Å²) < 4.78 is 5.94. The van der Waals surface area contributed by atoms with Gasteiger partial charge in [-0.25, -0.2) is 0 Å². The van der Waals surface area contributed by atoms with Crippen LogP contribution in [0.3, 0.4) is 0 Å². The fraction of sp³-hybridized carbons (Fsp3) is 0.318. The number of ketones is 1. The van der Waals surface area contributed by atoms with Gasteiger partial charge in [-0.05, 0) is 61.8 Å². The monoisotopic (exact) mass is 364 g/mol. The van der Waals surface area contributed by atoms with E-state index in [0.29, 0.717) is 29.2 Å². The van der Waals surface area contributed by atoms with Crippen LogP contribution in [0.1, 0.15) is 34.3 Å². The highest BCUT2D eigenvalue weighted by atomic mass is 16.5. The zero-order valence-electron chi connectivity index (χ0n) is 15.7. The zero-order chi connectivity index (χ0) is 19.0. The Morgan fingerprint density at radius 3 is 2.48 bits per heavy atom. The molecule has 0 unspecified atom stereocenters. The molecular formula is C22H24N2O3. The maximum Gasteiger partial charge on any atom is 0.231 e. The smallest absolute Gasteiger partial charge is 0.231 e. The number of hydrogen-bond acceptors (Lipinski definition) is 5. The Balaban J connectivity index is 1.63. The maximum atomic E-state index is 12.8. The lowest BCUT2D eigenvalue weighted by molar-refractivity contribution is 0.101. The van der Waals surface area contributed by atoms with Crippen LogP contribution in [0, 0.1) is 0 Å². The van der Waals surface area contributed by atoms with Gasteiger partial charge in [0.2, 0.25) is 5.78 Å². The standard InChI is InChI=1S/C22H24N2O3/c1-23(2)16-7-5-15(6-8-16)13-20-21(26)17-9-10-19(25)18(22(17)27-20)14-24-11-3-4-12-24/h5-10,13,25H,3-4,11-12,14H2,1-2H3/b20-13-. The first kappa shape index (κ1) is 17.6. The van der Waals surface area contributed by atoms with E-state index in [1.807, 2.05) is 43.3 Å². The van der Waals surface area contributed by atoms with Gasteiger partial charge in [-0.3, -0.25) is 9.69 Å². The lowest BCUT2D eigenvalue weighted by atomic mass is 10.0. The van der Waals surface area contributed by atoms with E-state index < -0.39 is 0 Å². The molecule has 1 saturated heterocycles. The molecule has 5 nitrogen and oxygen atoms in total. The molecule has 4 rings (SSSR count). The Labute approximate surface area is 159 Å². The van der Waals surface area contributed by atoms with Gasteiger partial charge >= 0.3 is 0 Å². The molecule has 0 atom stereocenters. The van der Waals surface area contributed by atoms with Gasteiger partial charge in [-0.1, -0.05) is 12.1 Å². The topological polar surface area (TPSA) is 53.0 Å². The van der Waals surface area contributed by atoms with E-state index in [0.717, 1.165) is 24.3 Å². The molecule has 1 N–H and O–H groups in total. The van der Waals surface area contributed by atoms with E-state index in [-0.39, 0.29) is 11.5 Å². The van der Waals surface area contributed by atoms with Crippen LogP contribution in [0.25, 0.3) is 6.08 Å². The van der Waals surface area contributed by atoms with Crippen molar-refractivity contribution in [2.45, 2.75) is 19.4 Å². The molecule has 0 amide bonds. The van der Waals surface area contributed by atoms with Crippen LogP contribution >= 0.6 is 0 Å². The number of phenolic OH excluding ortho intramolecular Hbond substituents is 1. The molecule has 2 heterocycles. The Kier molecular flexibility index (Phi) is 4.62. The second-order valence-electron chi connectivity index (χ2n) is 7.35. The number of carbonyl (C=O) groups is 1. The third-order valence-electron chi connectivity index (χ3n) is 5.20. The molecule has 2 aromatic rings. The van der Waals surface area contributed by atoms with Crippen LogP contribution in [0.4, 0.5) is 5.69 Å². The summed E-state index contributed by atoms with van der Waals surface area (Å²) >= 11 is 0. The van der Waals surface area contributed by atoms with Gasteiger partial charge in [0.05, 0.1) is 11.1 Å². The van der Waals surface area contributed by atoms with Crippen molar-refractivity contribution in [2.75, 3.05) is 32.1 Å². The van der Waals surface area contributed by atoms with Gasteiger partial charge in [0, 0.05) is 26.3 Å². The molecule has 0 saturated carbocycles. The number of aromatic hydroxyl groups is 1. The van der Waals surface area contributed by atoms with E-state index in [4.69, 9.17) is 4.74 Å². The van der Waals surface area contributed by atoms with E-state index in [9.17, 15) is 9.90 Å². The average Bonchev–Trinajstić information content (AvgIpc) is 3.27. The second kappa shape index (κ2) is 7.08. The molecule has 0 bridgehead atoms. The van der Waals surface area contributed by atoms with Crippen LogP contribution < -0.4 is 9.64 Å². The summed E-state index contributed by atoms with van der Waals surface area (Å²) in [6.07, 6.45) is 4.10. The molecule has 0 radical (unpaired) electrons. The number of ether oxygens (including phenoxy) is 1. The van der Waals surface area contributed by atoms with E-state index >= 15 is 0 Å². The average molecular weight is 364 g/mol. The summed E-state index contributed by atoms with van der Waals surface area (Å²) in [6, 6.07) is 11.2. The van der Waals surface area contributed by atoms with Crippen molar-refractivity contribution >= 4 is 17.5 Å². The molecule has 1 fully saturated rings. The van der Waals surface area contributed by atoms with Crippen LogP contribution in [0.5, 0.6) is 11.5 Å². The number of likely N-dealkylation sites (tertiary alicyclic amines) is 1. The summed E-state index contributed by atoms with van der Waals surface area (Å²) in [7, 11) is 3.98. The van der Waals surface area contributed by atoms with E-state index in [2.05, 4.69) is 4.90 Å². The van der Waals surface area contributed by atoms with Gasteiger partial charge in [0.15, 0.2) is 5.76 Å². The van der Waals surface area contributed by atoms with Gasteiger partial charge in [-0.2, -0.15) is 0 Å². The molecule has 2 aromatic carbocycles. The van der Waals surface area contributed by atoms with Gasteiger partial charge < -0.3 is 14.7 Å². The summed E-state index contributed by atoms with van der Waals surface area (Å²) in [6.45, 7) is 2.63. The molecule has 140 valence electrons. The number of carbonyl (C=O) groups excluding carboxylic acids is 1. The fourth-order valence-electron chi connectivity index (χ4n) is 3.63. The third kappa shape index (κ3) is 3.43. The Morgan fingerprint density at radius 2 is 1.81 bits per heavy atom. The largest absolute Gasteiger partial charge is 0.507 e. The van der Waals surface area contributed by atoms with Crippen LogP contribution in [-0.2, 0) is 6.54 Å². The number of anilines is 1. The Bertz CT molecular complexity index is 895. The number of fused-ring (bicyclic) bond motifs is 1. The van der Waals surface area contributed by atoms with Crippen LogP contribution in [0.15, 0.2) is 42.2 Å². The van der Waals surface area contributed by atoms with Gasteiger partial charge in [-0.15, -0.1) is 0 Å². The van der Waals surface area contributed by atoms with Crippen molar-refractivity contribution in [1.29, 1.82) is 0 Å². The molecule has 0 spiro atoms. The minimum Gasteiger partial charge on any atom is -0.507 e. The fourth-order valence-corrected chi connectivity index (χ4v) is 3.63. The summed E-state index contributed by atoms with van der Waals surface area (Å²) in [4.78, 5) is 17.1. The number of allylic oxidation sites excluding steroid dienone is 1. The van der Waals surface area contributed by atoms with Crippen molar-refractivity contribution in [2.24, 2.45) is 0 Å². The second-order valence-corrected chi connectivity index (χ2v) is 7.35. The van der Waals surface area contributed by atoms with Crippen molar-refractivity contribution < 1.29 is 14.6 Å². The first-order valence-electron chi connectivity index (χ1n) is 9.32. The highest BCUT2D eigenvalue weighted by Crippen LogP contribution is 2.40. The van der Waals surface area contributed by atoms with Gasteiger partial charge in [0.1, 0.15) is 11.5 Å². The number of nitrogens with zero attached hydrogens (tertiary/aromatic N) is 2. The highest BCUT2D eigenvalue weighted by molar-refractivity contribution is 6.15. The SMILES string of the molecule is CN(C)c1ccc(/C=C2\Oc3c(ccc(O)c3CN3CCCC3)C2=O)cc1. The number of hydrogen-bond donors (Lipinski definition) is 1. The highest BCUT2D eigenvalue weighted by Gasteiger charge is 2.32. The molecule has 5 heteroatoms. The first-order chi connectivity index (χ1) is 13.0. The van der Waals surface area contributed by atoms with E-state index in [1.165, 1.54) is 12.8 Å². The first-order valence-corrected chi connectivity index (χ1v) is 9.32. The van der Waals surface area contributed by atoms with E-state index in [1.54, 1.807) is 18.2 Å². The quantitative estimate of drug-likeness (QED) is 0.839. The van der Waals surface area contributed by atoms with Crippen molar-refractivity contribution in [3.05, 3.63) is 58.8 Å². The Hall–Kier alpha value is -2.79. The van der Waals surface area contributed by atoms with Crippen molar-refractivity contribution in [3.63, 3.8) is 0 Å². The number of Topliss-reactive ketones (excluding diaryl/α,β-unsaturated/α-hetero) is 1. The van der Waals surface area contributed by atoms with Crippen LogP contribution in [-0.4, -0.2) is 43.0 Å². The molecule has 27 heavy (non-hydrogen) atoms. The molecule has 2 aliphatic rings. The molecule has 0 aromatic heterocycles. The minimum atomic E-state index is -0.135. The van der Waals surface area contributed by atoms with Crippen molar-refractivity contribution in [1.82, 2.24) is 4.90 Å². The predicted octanol–water partition coefficient (Wildman–Crippen LogP) is 3.67. The molecule has 0 aliphatic carbocycles. The lowest BCUT2D eigenvalue weighted by Crippen LogP contribution is -2.18. The normalized spacial score (nSPS) is 18.0. The number of rotatable bonds is 4. The van der Waals surface area contributed by atoms with Crippen molar-refractivity contribution in [3.8, 4) is 11.5 Å². The Morgan fingerprint density at radius 1 is 1.11 bits per heavy atom. The summed E-state index contributed by atoms with van der Waals surface area (Å²) in [5, 5.41) is 10.3. The number of phenols is 1. The maximum absolute atomic E-state index is 12.8. The molecule has 2 aliphatic heterocycles. The van der Waals surface area contributed by atoms with Gasteiger partial charge in [0.25, 0.3) is 0 Å². The number of benzene rings is 2. The van der Waals surface area contributed by atoms with Crippen LogP contribution in [0.2, 0.25) is 0 Å². The summed E-state index contributed by atoms with van der Waals surface area (Å²) in [5.41, 5.74) is 3.23.